The lowest BCUT2D eigenvalue weighted by Crippen LogP contribution is -2.46. The third-order valence-electron chi connectivity index (χ3n) is 5.04. The molecule has 6 nitrogen and oxygen atoms in total. The van der Waals surface area contributed by atoms with Crippen LogP contribution in [-0.2, 0) is 21.7 Å². The summed E-state index contributed by atoms with van der Waals surface area (Å²) >= 11 is 6.44. The highest BCUT2D eigenvalue weighted by atomic mass is 35.5. The molecule has 1 heterocycles. The van der Waals surface area contributed by atoms with Gasteiger partial charge in [0.25, 0.3) is 0 Å². The van der Waals surface area contributed by atoms with Gasteiger partial charge in [-0.15, -0.1) is 12.8 Å². The maximum Gasteiger partial charge on any atom is 0.197 e. The minimum Gasteiger partial charge on any atom is -0.494 e. The number of terminal acetylenes is 1. The maximum atomic E-state index is 10.3. The molecule has 1 aliphatic heterocycles. The van der Waals surface area contributed by atoms with Gasteiger partial charge < -0.3 is 29.5 Å². The van der Waals surface area contributed by atoms with Gasteiger partial charge in [0, 0.05) is 37.6 Å². The van der Waals surface area contributed by atoms with Crippen LogP contribution < -0.4 is 4.74 Å². The second-order valence-corrected chi connectivity index (χ2v) is 7.44. The summed E-state index contributed by atoms with van der Waals surface area (Å²) in [5.41, 5.74) is 2.81. The molecule has 1 saturated heterocycles. The smallest absolute Gasteiger partial charge is 0.197 e. The highest BCUT2D eigenvalue weighted by molar-refractivity contribution is 6.31. The molecule has 7 heteroatoms. The Morgan fingerprint density at radius 1 is 1.16 bits per heavy atom. The summed E-state index contributed by atoms with van der Waals surface area (Å²) in [6.07, 6.45) is 8.23. The van der Waals surface area contributed by atoms with Crippen molar-refractivity contribution in [2.45, 2.75) is 44.2 Å². The normalized spacial score (nSPS) is 22.0. The van der Waals surface area contributed by atoms with E-state index in [4.69, 9.17) is 30.9 Å². The van der Waals surface area contributed by atoms with Gasteiger partial charge in [0.05, 0.1) is 25.4 Å². The van der Waals surface area contributed by atoms with Crippen LogP contribution in [0.4, 0.5) is 0 Å². The van der Waals surface area contributed by atoms with E-state index in [1.165, 1.54) is 0 Å². The molecule has 176 valence electrons. The third-order valence-corrected chi connectivity index (χ3v) is 5.41. The largest absolute Gasteiger partial charge is 0.494 e. The molecule has 0 saturated carbocycles. The standard InChI is InChI=1S/C22H27ClO5.C2H2.CH4O/c1-3-27-19-7-4-15(5-8-19)10-16-11-17(6-9-21(16)23)22(26-2)13-18(25)12-20(14-24)28-22;2*1-2/h4-9,11,18,20,24-25H,3,10,12-14H2,1-2H3;1-2H;2H,1H3/t18-,20-,22+;;/m0../s1. The summed E-state index contributed by atoms with van der Waals surface area (Å²) in [5, 5.41) is 27.4. The van der Waals surface area contributed by atoms with Crippen molar-refractivity contribution < 1.29 is 29.5 Å². The van der Waals surface area contributed by atoms with Gasteiger partial charge in [0.1, 0.15) is 5.75 Å². The molecule has 32 heavy (non-hydrogen) atoms. The zero-order valence-corrected chi connectivity index (χ0v) is 19.6. The Balaban J connectivity index is 0.00000121. The fourth-order valence-corrected chi connectivity index (χ4v) is 3.83. The molecular weight excluding hydrogens is 432 g/mol. The van der Waals surface area contributed by atoms with Crippen LogP contribution in [0.5, 0.6) is 5.75 Å². The van der Waals surface area contributed by atoms with Crippen molar-refractivity contribution in [2.24, 2.45) is 0 Å². The molecule has 3 rings (SSSR count). The lowest BCUT2D eigenvalue weighted by Gasteiger charge is -2.42. The molecular formula is C25H33ClO6. The molecule has 0 radical (unpaired) electrons. The molecule has 0 aliphatic carbocycles. The third kappa shape index (κ3) is 7.21. The van der Waals surface area contributed by atoms with Crippen molar-refractivity contribution in [3.8, 4) is 18.6 Å². The van der Waals surface area contributed by atoms with E-state index in [0.717, 1.165) is 29.5 Å². The molecule has 1 fully saturated rings. The molecule has 3 N–H and O–H groups in total. The van der Waals surface area contributed by atoms with E-state index in [2.05, 4.69) is 12.8 Å². The second kappa shape index (κ2) is 14.1. The number of rotatable bonds is 7. The molecule has 2 aromatic carbocycles. The zero-order valence-electron chi connectivity index (χ0n) is 18.8. The van der Waals surface area contributed by atoms with E-state index in [9.17, 15) is 10.2 Å². The number of benzene rings is 2. The lowest BCUT2D eigenvalue weighted by atomic mass is 9.91. The van der Waals surface area contributed by atoms with E-state index in [0.29, 0.717) is 30.9 Å². The van der Waals surface area contributed by atoms with Gasteiger partial charge in [-0.25, -0.2) is 0 Å². The number of methoxy groups -OCH3 is 1. The minimum absolute atomic E-state index is 0.172. The van der Waals surface area contributed by atoms with Gasteiger partial charge in [-0.2, -0.15) is 0 Å². The van der Waals surface area contributed by atoms with Gasteiger partial charge in [0.15, 0.2) is 5.79 Å². The Kier molecular flexibility index (Phi) is 12.3. The quantitative estimate of drug-likeness (QED) is 0.543. The molecule has 2 aromatic rings. The summed E-state index contributed by atoms with van der Waals surface area (Å²) in [4.78, 5) is 0. The fourth-order valence-electron chi connectivity index (χ4n) is 3.65. The van der Waals surface area contributed by atoms with E-state index < -0.39 is 18.0 Å². The summed E-state index contributed by atoms with van der Waals surface area (Å²) in [6, 6.07) is 13.5. The Morgan fingerprint density at radius 2 is 1.81 bits per heavy atom. The minimum atomic E-state index is -1.11. The Labute approximate surface area is 195 Å². The van der Waals surface area contributed by atoms with Crippen LogP contribution >= 0.6 is 11.6 Å². The van der Waals surface area contributed by atoms with Crippen LogP contribution in [0.3, 0.4) is 0 Å². The van der Waals surface area contributed by atoms with Crippen LogP contribution in [0.2, 0.25) is 5.02 Å². The van der Waals surface area contributed by atoms with Crippen LogP contribution in [0.1, 0.15) is 36.5 Å². The average Bonchev–Trinajstić information content (AvgIpc) is 2.84. The molecule has 1 aliphatic rings. The molecule has 0 spiro atoms. The number of hydrogen-bond acceptors (Lipinski definition) is 6. The van der Waals surface area contributed by atoms with Crippen LogP contribution in [0.15, 0.2) is 42.5 Å². The maximum absolute atomic E-state index is 10.3. The topological polar surface area (TPSA) is 88.4 Å². The SMILES string of the molecule is C#C.CCOc1ccc(Cc2cc([C@@]3(OC)C[C@@H](O)C[C@@H](CO)O3)ccc2Cl)cc1.CO. The predicted octanol–water partition coefficient (Wildman–Crippen LogP) is 3.52. The van der Waals surface area contributed by atoms with E-state index in [1.807, 2.05) is 49.4 Å². The van der Waals surface area contributed by atoms with Crippen LogP contribution in [0, 0.1) is 12.8 Å². The average molecular weight is 465 g/mol. The first-order chi connectivity index (χ1) is 15.5. The highest BCUT2D eigenvalue weighted by Crippen LogP contribution is 2.40. The summed E-state index contributed by atoms with van der Waals surface area (Å²) in [6.45, 7) is 2.41. The Bertz CT molecular complexity index is 823. The highest BCUT2D eigenvalue weighted by Gasteiger charge is 2.43. The number of ether oxygens (including phenoxy) is 3. The molecule has 0 unspecified atom stereocenters. The summed E-state index contributed by atoms with van der Waals surface area (Å²) in [7, 11) is 2.55. The van der Waals surface area contributed by atoms with Crippen molar-refractivity contribution in [1.82, 2.24) is 0 Å². The molecule has 3 atom stereocenters. The van der Waals surface area contributed by atoms with Crippen molar-refractivity contribution >= 4 is 11.6 Å². The molecule has 0 aromatic heterocycles. The van der Waals surface area contributed by atoms with Gasteiger partial charge >= 0.3 is 0 Å². The molecule has 0 amide bonds. The number of aliphatic hydroxyl groups excluding tert-OH is 3. The lowest BCUT2D eigenvalue weighted by molar-refractivity contribution is -0.298. The van der Waals surface area contributed by atoms with E-state index in [-0.39, 0.29) is 6.61 Å². The summed E-state index contributed by atoms with van der Waals surface area (Å²) in [5.74, 6) is -0.271. The first-order valence-electron chi connectivity index (χ1n) is 10.3. The van der Waals surface area contributed by atoms with Gasteiger partial charge in [-0.3, -0.25) is 0 Å². The number of hydrogen-bond donors (Lipinski definition) is 3. The Morgan fingerprint density at radius 3 is 2.38 bits per heavy atom. The van der Waals surface area contributed by atoms with E-state index in [1.54, 1.807) is 7.11 Å². The van der Waals surface area contributed by atoms with Gasteiger partial charge in [-0.05, 0) is 48.7 Å². The van der Waals surface area contributed by atoms with Crippen molar-refractivity contribution in [2.75, 3.05) is 27.4 Å². The summed E-state index contributed by atoms with van der Waals surface area (Å²) < 4.78 is 17.2. The number of aliphatic hydroxyl groups is 3. The van der Waals surface area contributed by atoms with Crippen LogP contribution in [0.25, 0.3) is 0 Å². The monoisotopic (exact) mass is 464 g/mol. The number of halogens is 1. The zero-order chi connectivity index (χ0) is 24.1. The predicted molar refractivity (Wildman–Crippen MR) is 126 cm³/mol. The fraction of sp³-hybridized carbons (Fsp3) is 0.440. The first-order valence-corrected chi connectivity index (χ1v) is 10.7. The molecule has 0 bridgehead atoms. The van der Waals surface area contributed by atoms with E-state index >= 15 is 0 Å². The van der Waals surface area contributed by atoms with Crippen LogP contribution in [-0.4, -0.2) is 55.0 Å². The van der Waals surface area contributed by atoms with Crippen molar-refractivity contribution in [3.05, 3.63) is 64.2 Å². The first kappa shape index (κ1) is 27.9. The Hall–Kier alpha value is -2.11. The van der Waals surface area contributed by atoms with Crippen molar-refractivity contribution in [1.29, 1.82) is 0 Å². The van der Waals surface area contributed by atoms with Gasteiger partial charge in [-0.1, -0.05) is 29.8 Å². The van der Waals surface area contributed by atoms with Gasteiger partial charge in [0.2, 0.25) is 0 Å². The van der Waals surface area contributed by atoms with Crippen molar-refractivity contribution in [3.63, 3.8) is 0 Å². The second-order valence-electron chi connectivity index (χ2n) is 7.03.